The average molecular weight is 540 g/mol. The van der Waals surface area contributed by atoms with Crippen molar-refractivity contribution in [3.05, 3.63) is 23.3 Å². The second-order valence-corrected chi connectivity index (χ2v) is 11.5. The second kappa shape index (κ2) is 10.2. The number of aromatic nitrogens is 3. The van der Waals surface area contributed by atoms with Crippen LogP contribution in [0.5, 0.6) is 0 Å². The van der Waals surface area contributed by atoms with Crippen LogP contribution in [0, 0.1) is 5.41 Å². The van der Waals surface area contributed by atoms with Crippen LogP contribution < -0.4 is 4.90 Å². The first-order valence-corrected chi connectivity index (χ1v) is 13.8. The number of aliphatic carboxylic acids is 2. The summed E-state index contributed by atoms with van der Waals surface area (Å²) in [5, 5.41) is 30.0. The molecule has 0 radical (unpaired) electrons. The minimum absolute atomic E-state index is 0.0360. The van der Waals surface area contributed by atoms with E-state index in [1.54, 1.807) is 22.6 Å². The molecule has 2 aliphatic rings. The Hall–Kier alpha value is -2.58. The van der Waals surface area contributed by atoms with Crippen molar-refractivity contribution in [2.75, 3.05) is 23.0 Å². The van der Waals surface area contributed by atoms with Crippen LogP contribution in [-0.4, -0.2) is 83.1 Å². The fourth-order valence-electron chi connectivity index (χ4n) is 4.17. The van der Waals surface area contributed by atoms with Gasteiger partial charge in [0.25, 0.3) is 0 Å². The van der Waals surface area contributed by atoms with Crippen LogP contribution in [0.4, 0.5) is 5.00 Å². The molecular formula is C21H25N5O6S3. The third kappa shape index (κ3) is 4.91. The third-order valence-electron chi connectivity index (χ3n) is 6.13. The maximum absolute atomic E-state index is 13.1. The Kier molecular flexibility index (Phi) is 7.43. The van der Waals surface area contributed by atoms with Gasteiger partial charge in [0.2, 0.25) is 11.8 Å². The summed E-state index contributed by atoms with van der Waals surface area (Å²) in [6, 6.07) is 2.98. The fraction of sp³-hybridized carbons (Fsp3) is 0.524. The lowest BCUT2D eigenvalue weighted by molar-refractivity contribution is -0.156. The molecule has 0 aliphatic carbocycles. The molecule has 0 saturated carbocycles. The fourth-order valence-corrected chi connectivity index (χ4v) is 7.82. The van der Waals surface area contributed by atoms with Gasteiger partial charge in [-0.05, 0) is 23.9 Å². The zero-order valence-electron chi connectivity index (χ0n) is 19.1. The van der Waals surface area contributed by atoms with Gasteiger partial charge in [0.05, 0.1) is 5.00 Å². The van der Waals surface area contributed by atoms with Crippen molar-refractivity contribution in [2.45, 2.75) is 42.8 Å². The molecule has 2 saturated heterocycles. The van der Waals surface area contributed by atoms with E-state index >= 15 is 0 Å². The summed E-state index contributed by atoms with van der Waals surface area (Å²) in [5.41, 5.74) is -1.17. The van der Waals surface area contributed by atoms with Crippen molar-refractivity contribution in [3.63, 3.8) is 0 Å². The van der Waals surface area contributed by atoms with E-state index in [1.807, 2.05) is 11.4 Å². The number of carboxylic acid groups (broad SMARTS) is 2. The van der Waals surface area contributed by atoms with E-state index in [0.717, 1.165) is 0 Å². The number of thiophene rings is 1. The molecular weight excluding hydrogens is 514 g/mol. The molecule has 0 spiro atoms. The maximum atomic E-state index is 13.1. The molecule has 188 valence electrons. The van der Waals surface area contributed by atoms with Crippen LogP contribution in [0.25, 0.3) is 0 Å². The number of β-lactam (4-membered cyclic amide) rings is 1. The van der Waals surface area contributed by atoms with Crippen LogP contribution in [0.2, 0.25) is 0 Å². The molecule has 0 bridgehead atoms. The zero-order valence-corrected chi connectivity index (χ0v) is 21.6. The largest absolute Gasteiger partial charge is 0.481 e. The van der Waals surface area contributed by atoms with E-state index in [-0.39, 0.29) is 35.9 Å². The van der Waals surface area contributed by atoms with Crippen LogP contribution in [0.3, 0.4) is 0 Å². The summed E-state index contributed by atoms with van der Waals surface area (Å²) < 4.78 is 1.75. The van der Waals surface area contributed by atoms with Gasteiger partial charge in [-0.1, -0.05) is 11.8 Å². The molecule has 4 heterocycles. The molecule has 2 unspecified atom stereocenters. The van der Waals surface area contributed by atoms with Gasteiger partial charge >= 0.3 is 11.9 Å². The summed E-state index contributed by atoms with van der Waals surface area (Å²) >= 11 is 4.02. The topological polar surface area (TPSA) is 146 Å². The number of thioether (sulfide) groups is 2. The van der Waals surface area contributed by atoms with E-state index in [4.69, 9.17) is 5.11 Å². The number of nitrogens with zero attached hydrogens (tertiary/aromatic N) is 5. The summed E-state index contributed by atoms with van der Waals surface area (Å²) in [6.45, 7) is 1.49. The van der Waals surface area contributed by atoms with Crippen LogP contribution in [-0.2, 0) is 32.6 Å². The summed E-state index contributed by atoms with van der Waals surface area (Å²) in [6.07, 6.45) is 0.927. The first-order valence-electron chi connectivity index (χ1n) is 10.9. The molecule has 4 rings (SSSR count). The molecule has 0 aromatic carbocycles. The number of carbonyl (C=O) groups is 4. The minimum atomic E-state index is -1.17. The van der Waals surface area contributed by atoms with Gasteiger partial charge in [-0.2, -0.15) is 0 Å². The Morgan fingerprint density at radius 1 is 1.31 bits per heavy atom. The van der Waals surface area contributed by atoms with Crippen LogP contribution in [0.1, 0.15) is 25.6 Å². The van der Waals surface area contributed by atoms with E-state index < -0.39 is 23.4 Å². The lowest BCUT2D eigenvalue weighted by Crippen LogP contribution is -2.74. The van der Waals surface area contributed by atoms with Crippen molar-refractivity contribution in [2.24, 2.45) is 12.5 Å². The minimum Gasteiger partial charge on any atom is -0.481 e. The molecule has 35 heavy (non-hydrogen) atoms. The third-order valence-corrected chi connectivity index (χ3v) is 9.88. The van der Waals surface area contributed by atoms with Crippen molar-refractivity contribution in [3.8, 4) is 0 Å². The maximum Gasteiger partial charge on any atom is 0.313 e. The van der Waals surface area contributed by atoms with Crippen molar-refractivity contribution in [1.29, 1.82) is 0 Å². The highest BCUT2D eigenvalue weighted by molar-refractivity contribution is 8.00. The number of hydrogen-bond acceptors (Lipinski definition) is 9. The number of carboxylic acids is 2. The van der Waals surface area contributed by atoms with Crippen molar-refractivity contribution in [1.82, 2.24) is 19.7 Å². The highest BCUT2D eigenvalue weighted by Crippen LogP contribution is 2.46. The summed E-state index contributed by atoms with van der Waals surface area (Å²) in [4.78, 5) is 51.6. The SMILES string of the molecule is CC(=O)N(c1cccs1)C1C(=O)N2CC(CSc3nnc(CCCC(=O)O)n3C)(C(=O)O)CS[C@H]12. The second-order valence-electron chi connectivity index (χ2n) is 8.53. The molecule has 3 atom stereocenters. The van der Waals surface area contributed by atoms with Gasteiger partial charge in [-0.15, -0.1) is 33.3 Å². The molecule has 2 aromatic heterocycles. The predicted octanol–water partition coefficient (Wildman–Crippen LogP) is 1.78. The van der Waals surface area contributed by atoms with Crippen molar-refractivity contribution >= 4 is 63.6 Å². The number of anilines is 1. The first kappa shape index (κ1) is 25.5. The van der Waals surface area contributed by atoms with Crippen molar-refractivity contribution < 1.29 is 29.4 Å². The Labute approximate surface area is 213 Å². The lowest BCUT2D eigenvalue weighted by Gasteiger charge is -2.55. The molecule has 14 heteroatoms. The van der Waals surface area contributed by atoms with Crippen LogP contribution in [0.15, 0.2) is 22.7 Å². The zero-order chi connectivity index (χ0) is 25.3. The Morgan fingerprint density at radius 3 is 2.71 bits per heavy atom. The molecule has 2 aromatic rings. The highest BCUT2D eigenvalue weighted by atomic mass is 32.2. The first-order chi connectivity index (χ1) is 16.6. The number of fused-ring (bicyclic) bond motifs is 1. The monoisotopic (exact) mass is 539 g/mol. The molecule has 2 aliphatic heterocycles. The van der Waals surface area contributed by atoms with E-state index in [2.05, 4.69) is 10.2 Å². The average Bonchev–Trinajstić information content (AvgIpc) is 3.45. The number of hydrogen-bond donors (Lipinski definition) is 2. The Morgan fingerprint density at radius 2 is 2.09 bits per heavy atom. The highest BCUT2D eigenvalue weighted by Gasteiger charge is 2.59. The van der Waals surface area contributed by atoms with E-state index in [0.29, 0.717) is 34.6 Å². The predicted molar refractivity (Wildman–Crippen MR) is 132 cm³/mol. The van der Waals surface area contributed by atoms with E-state index in [9.17, 15) is 24.3 Å². The quantitative estimate of drug-likeness (QED) is 0.338. The number of carbonyl (C=O) groups excluding carboxylic acids is 2. The normalized spacial score (nSPS) is 23.5. The Bertz CT molecular complexity index is 1140. The van der Waals surface area contributed by atoms with E-state index in [1.165, 1.54) is 46.7 Å². The molecule has 2 N–H and O–H groups in total. The van der Waals surface area contributed by atoms with Gasteiger partial charge < -0.3 is 19.7 Å². The molecule has 11 nitrogen and oxygen atoms in total. The Balaban J connectivity index is 1.43. The number of rotatable bonds is 10. The number of aryl methyl sites for hydroxylation is 1. The standard InChI is InChI=1S/C21H25N5O6S3/c1-12(27)26(14-6-4-8-33-14)16-17(30)25-9-21(19(31)32,10-34-18(16)25)11-35-20-23-22-13(24(20)2)5-3-7-15(28)29/h4,6,8,16,18H,3,5,7,9-11H2,1-2H3,(H,28,29)(H,31,32)/t16?,18-,21?/m1/s1. The number of amides is 2. The van der Waals surface area contributed by atoms with Gasteiger partial charge in [-0.3, -0.25) is 24.1 Å². The molecule has 2 amide bonds. The molecule has 2 fully saturated rings. The van der Waals surface area contributed by atoms with Crippen LogP contribution >= 0.6 is 34.9 Å². The van der Waals surface area contributed by atoms with Gasteiger partial charge in [0.1, 0.15) is 22.7 Å². The van der Waals surface area contributed by atoms with Gasteiger partial charge in [0.15, 0.2) is 5.16 Å². The van der Waals surface area contributed by atoms with Gasteiger partial charge in [0, 0.05) is 44.9 Å². The lowest BCUT2D eigenvalue weighted by atomic mass is 9.89. The summed E-state index contributed by atoms with van der Waals surface area (Å²) in [5.74, 6) is -1.21. The smallest absolute Gasteiger partial charge is 0.313 e. The summed E-state index contributed by atoms with van der Waals surface area (Å²) in [7, 11) is 1.77. The van der Waals surface area contributed by atoms with Gasteiger partial charge in [-0.25, -0.2) is 0 Å².